The second-order valence-electron chi connectivity index (χ2n) is 8.77. The number of nitrogens with zero attached hydrogens (tertiary/aromatic N) is 1. The Hall–Kier alpha value is -3.39. The van der Waals surface area contributed by atoms with Crippen molar-refractivity contribution in [1.29, 1.82) is 0 Å². The molecule has 0 aromatic heterocycles. The van der Waals surface area contributed by atoms with Gasteiger partial charge in [-0.15, -0.1) is 0 Å². The molecule has 1 aliphatic carbocycles. The Kier molecular flexibility index (Phi) is 7.47. The van der Waals surface area contributed by atoms with Crippen molar-refractivity contribution in [3.63, 3.8) is 0 Å². The summed E-state index contributed by atoms with van der Waals surface area (Å²) in [6.45, 7) is 1.13. The lowest BCUT2D eigenvalue weighted by Gasteiger charge is -2.24. The van der Waals surface area contributed by atoms with E-state index in [1.807, 2.05) is 36.4 Å². The van der Waals surface area contributed by atoms with E-state index in [1.165, 1.54) is 4.90 Å². The summed E-state index contributed by atoms with van der Waals surface area (Å²) in [6.07, 6.45) is 0.709. The van der Waals surface area contributed by atoms with Crippen LogP contribution >= 0.6 is 0 Å². The van der Waals surface area contributed by atoms with Gasteiger partial charge in [0.15, 0.2) is 0 Å². The predicted octanol–water partition coefficient (Wildman–Crippen LogP) is 3.25. The molecule has 2 aromatic carbocycles. The van der Waals surface area contributed by atoms with Gasteiger partial charge >= 0.3 is 12.1 Å². The number of likely N-dealkylation sites (tertiary alicyclic amines) is 1. The molecule has 1 fully saturated rings. The van der Waals surface area contributed by atoms with Crippen LogP contribution in [0.4, 0.5) is 4.79 Å². The minimum absolute atomic E-state index is 0.0734. The Morgan fingerprint density at radius 2 is 1.74 bits per heavy atom. The van der Waals surface area contributed by atoms with E-state index in [2.05, 4.69) is 17.4 Å². The number of rotatable bonds is 9. The molecule has 0 radical (unpaired) electrons. The number of methoxy groups -OCH3 is 1. The van der Waals surface area contributed by atoms with Crippen LogP contribution in [0.5, 0.6) is 0 Å². The zero-order chi connectivity index (χ0) is 24.1. The van der Waals surface area contributed by atoms with Gasteiger partial charge in [0.05, 0.1) is 5.92 Å². The molecule has 180 valence electrons. The lowest BCUT2D eigenvalue weighted by molar-refractivity contribution is -0.141. The Bertz CT molecular complexity index is 1010. The highest BCUT2D eigenvalue weighted by Crippen LogP contribution is 2.44. The number of fused-ring (bicyclic) bond motifs is 3. The number of carbonyl (C=O) groups is 3. The quantitative estimate of drug-likeness (QED) is 0.550. The Morgan fingerprint density at radius 3 is 2.32 bits per heavy atom. The number of nitrogens with one attached hydrogen (secondary N) is 1. The number of hydrogen-bond acceptors (Lipinski definition) is 5. The van der Waals surface area contributed by atoms with E-state index in [9.17, 15) is 19.5 Å². The first-order valence-electron chi connectivity index (χ1n) is 11.6. The SMILES string of the molecule is COCCCC(NC(=O)OCC1c2ccccc2-c2ccccc21)C(=O)N1CCC(C(=O)O)C1. The first-order chi connectivity index (χ1) is 16.5. The van der Waals surface area contributed by atoms with Gasteiger partial charge in [0.25, 0.3) is 0 Å². The molecule has 2 aromatic rings. The summed E-state index contributed by atoms with van der Waals surface area (Å²) in [5.74, 6) is -1.84. The smallest absolute Gasteiger partial charge is 0.407 e. The molecule has 8 heteroatoms. The molecule has 0 saturated carbocycles. The average molecular weight is 467 g/mol. The molecule has 2 amide bonds. The normalized spacial score (nSPS) is 17.7. The highest BCUT2D eigenvalue weighted by Gasteiger charge is 2.35. The molecular weight excluding hydrogens is 436 g/mol. The van der Waals surface area contributed by atoms with Crippen LogP contribution < -0.4 is 5.32 Å². The van der Waals surface area contributed by atoms with E-state index < -0.39 is 24.0 Å². The van der Waals surface area contributed by atoms with Crippen LogP contribution in [0.25, 0.3) is 11.1 Å². The highest BCUT2D eigenvalue weighted by molar-refractivity contribution is 5.86. The molecule has 34 heavy (non-hydrogen) atoms. The second-order valence-corrected chi connectivity index (χ2v) is 8.77. The van der Waals surface area contributed by atoms with Gasteiger partial charge in [0.1, 0.15) is 12.6 Å². The van der Waals surface area contributed by atoms with Crippen molar-refractivity contribution in [2.24, 2.45) is 5.92 Å². The van der Waals surface area contributed by atoms with Gasteiger partial charge in [-0.1, -0.05) is 48.5 Å². The molecule has 1 saturated heterocycles. The monoisotopic (exact) mass is 466 g/mol. The van der Waals surface area contributed by atoms with Crippen LogP contribution in [0.1, 0.15) is 36.3 Å². The zero-order valence-corrected chi connectivity index (χ0v) is 19.2. The van der Waals surface area contributed by atoms with Crippen molar-refractivity contribution in [3.8, 4) is 11.1 Å². The minimum atomic E-state index is -0.907. The number of amides is 2. The average Bonchev–Trinajstić information content (AvgIpc) is 3.46. The van der Waals surface area contributed by atoms with Crippen molar-refractivity contribution >= 4 is 18.0 Å². The third-order valence-corrected chi connectivity index (χ3v) is 6.62. The maximum absolute atomic E-state index is 13.1. The van der Waals surface area contributed by atoms with Crippen molar-refractivity contribution in [3.05, 3.63) is 59.7 Å². The van der Waals surface area contributed by atoms with E-state index in [4.69, 9.17) is 9.47 Å². The number of aliphatic carboxylic acids is 1. The van der Waals surface area contributed by atoms with E-state index in [-0.39, 0.29) is 25.0 Å². The molecule has 2 N–H and O–H groups in total. The predicted molar refractivity (Wildman–Crippen MR) is 125 cm³/mol. The Balaban J connectivity index is 1.40. The molecule has 4 rings (SSSR count). The van der Waals surface area contributed by atoms with Crippen molar-refractivity contribution in [1.82, 2.24) is 10.2 Å². The van der Waals surface area contributed by atoms with E-state index in [0.29, 0.717) is 32.4 Å². The molecule has 1 aliphatic heterocycles. The highest BCUT2D eigenvalue weighted by atomic mass is 16.5. The van der Waals surface area contributed by atoms with Gasteiger partial charge < -0.3 is 24.8 Å². The molecule has 2 aliphatic rings. The maximum atomic E-state index is 13.1. The second kappa shape index (κ2) is 10.7. The van der Waals surface area contributed by atoms with Crippen molar-refractivity contribution in [2.45, 2.75) is 31.2 Å². The molecule has 8 nitrogen and oxygen atoms in total. The topological polar surface area (TPSA) is 105 Å². The fourth-order valence-corrected chi connectivity index (χ4v) is 4.85. The summed E-state index contributed by atoms with van der Waals surface area (Å²) >= 11 is 0. The molecular formula is C26H30N2O6. The lowest BCUT2D eigenvalue weighted by atomic mass is 9.98. The molecule has 0 bridgehead atoms. The Morgan fingerprint density at radius 1 is 1.09 bits per heavy atom. The van der Waals surface area contributed by atoms with E-state index in [0.717, 1.165) is 22.3 Å². The van der Waals surface area contributed by atoms with E-state index in [1.54, 1.807) is 7.11 Å². The van der Waals surface area contributed by atoms with Gasteiger partial charge in [-0.05, 0) is 41.5 Å². The summed E-state index contributed by atoms with van der Waals surface area (Å²) in [5.41, 5.74) is 4.51. The first-order valence-corrected chi connectivity index (χ1v) is 11.6. The van der Waals surface area contributed by atoms with Crippen LogP contribution in [-0.2, 0) is 19.1 Å². The van der Waals surface area contributed by atoms with Gasteiger partial charge in [-0.3, -0.25) is 9.59 Å². The molecule has 0 spiro atoms. The van der Waals surface area contributed by atoms with Crippen LogP contribution in [0, 0.1) is 5.92 Å². The number of carboxylic acids is 1. The van der Waals surface area contributed by atoms with Crippen LogP contribution in [0.15, 0.2) is 48.5 Å². The number of hydrogen-bond donors (Lipinski definition) is 2. The minimum Gasteiger partial charge on any atom is -0.481 e. The van der Waals surface area contributed by atoms with Crippen LogP contribution in [-0.4, -0.2) is 67.4 Å². The number of ether oxygens (including phenoxy) is 2. The third kappa shape index (κ3) is 5.07. The number of benzene rings is 2. The third-order valence-electron chi connectivity index (χ3n) is 6.62. The summed E-state index contributed by atoms with van der Waals surface area (Å²) in [7, 11) is 1.58. The van der Waals surface area contributed by atoms with Crippen LogP contribution in [0.2, 0.25) is 0 Å². The number of carbonyl (C=O) groups excluding carboxylic acids is 2. The molecule has 2 unspecified atom stereocenters. The summed E-state index contributed by atoms with van der Waals surface area (Å²) in [5, 5.41) is 12.0. The number of carboxylic acid groups (broad SMARTS) is 1. The zero-order valence-electron chi connectivity index (χ0n) is 19.2. The standard InChI is InChI=1S/C26H30N2O6/c1-33-14-6-11-23(24(29)28-13-12-17(15-28)25(30)31)27-26(32)34-16-22-20-9-4-2-7-18(20)19-8-3-5-10-21(19)22/h2-5,7-10,17,22-23H,6,11-16H2,1H3,(H,27,32)(H,30,31). The largest absolute Gasteiger partial charge is 0.481 e. The van der Waals surface area contributed by atoms with Crippen LogP contribution in [0.3, 0.4) is 0 Å². The molecule has 1 heterocycles. The summed E-state index contributed by atoms with van der Waals surface area (Å²) < 4.78 is 10.7. The van der Waals surface area contributed by atoms with Gasteiger partial charge in [0, 0.05) is 32.7 Å². The van der Waals surface area contributed by atoms with Gasteiger partial charge in [-0.2, -0.15) is 0 Å². The fraction of sp³-hybridized carbons (Fsp3) is 0.423. The van der Waals surface area contributed by atoms with Gasteiger partial charge in [-0.25, -0.2) is 4.79 Å². The summed E-state index contributed by atoms with van der Waals surface area (Å²) in [4.78, 5) is 38.6. The van der Waals surface area contributed by atoms with E-state index >= 15 is 0 Å². The molecule has 2 atom stereocenters. The fourth-order valence-electron chi connectivity index (χ4n) is 4.85. The van der Waals surface area contributed by atoms with Crippen molar-refractivity contribution < 1.29 is 29.0 Å². The maximum Gasteiger partial charge on any atom is 0.407 e. The van der Waals surface area contributed by atoms with Gasteiger partial charge in [0.2, 0.25) is 5.91 Å². The van der Waals surface area contributed by atoms with Crippen molar-refractivity contribution in [2.75, 3.05) is 33.4 Å². The first kappa shape index (κ1) is 23.8. The summed E-state index contributed by atoms with van der Waals surface area (Å²) in [6, 6.07) is 15.4. The lowest BCUT2D eigenvalue weighted by Crippen LogP contribution is -2.48. The number of alkyl carbamates (subject to hydrolysis) is 1. The Labute approximate surface area is 198 Å².